The molecule has 0 aromatic carbocycles. The predicted molar refractivity (Wildman–Crippen MR) is 49.5 cm³/mol. The fourth-order valence-corrected chi connectivity index (χ4v) is 2.37. The van der Waals surface area contributed by atoms with Gasteiger partial charge in [-0.1, -0.05) is 6.92 Å². The normalized spacial score (nSPS) is 13.5. The molecule has 1 aromatic heterocycles. The highest BCUT2D eigenvalue weighted by atomic mass is 79.9. The lowest BCUT2D eigenvalue weighted by Gasteiger charge is -2.05. The molecule has 10 heavy (non-hydrogen) atoms. The molecule has 0 aliphatic heterocycles. The van der Waals surface area contributed by atoms with Gasteiger partial charge < -0.3 is 5.73 Å². The van der Waals surface area contributed by atoms with Crippen molar-refractivity contribution in [2.45, 2.75) is 12.8 Å². The average molecular weight is 220 g/mol. The van der Waals surface area contributed by atoms with Gasteiger partial charge in [-0.3, -0.25) is 0 Å². The molecule has 0 radical (unpaired) electrons. The third-order valence-electron chi connectivity index (χ3n) is 1.53. The second kappa shape index (κ2) is 3.51. The molecular formula is C7H10BrNS. The van der Waals surface area contributed by atoms with Crippen molar-refractivity contribution in [2.75, 3.05) is 6.54 Å². The number of nitrogens with two attached hydrogens (primary N) is 1. The zero-order valence-corrected chi connectivity index (χ0v) is 8.21. The maximum Gasteiger partial charge on any atom is 0.0733 e. The SMILES string of the molecule is CC(CN)c1ccsc1Br. The van der Waals surface area contributed by atoms with Gasteiger partial charge in [-0.25, -0.2) is 0 Å². The molecule has 0 bridgehead atoms. The first-order valence-corrected chi connectivity index (χ1v) is 4.86. The van der Waals surface area contributed by atoms with Crippen LogP contribution < -0.4 is 5.73 Å². The van der Waals surface area contributed by atoms with Gasteiger partial charge in [0.1, 0.15) is 0 Å². The Morgan fingerprint density at radius 2 is 2.50 bits per heavy atom. The van der Waals surface area contributed by atoms with Gasteiger partial charge in [0.25, 0.3) is 0 Å². The Kier molecular flexibility index (Phi) is 2.89. The number of hydrogen-bond acceptors (Lipinski definition) is 2. The number of thiophene rings is 1. The van der Waals surface area contributed by atoms with Crippen LogP contribution >= 0.6 is 27.3 Å². The molecule has 2 N–H and O–H groups in total. The molecule has 0 aliphatic carbocycles. The van der Waals surface area contributed by atoms with Gasteiger partial charge in [0.05, 0.1) is 3.79 Å². The Bertz CT molecular complexity index is 209. The van der Waals surface area contributed by atoms with Crippen molar-refractivity contribution in [3.63, 3.8) is 0 Å². The quantitative estimate of drug-likeness (QED) is 0.814. The summed E-state index contributed by atoms with van der Waals surface area (Å²) < 4.78 is 1.21. The van der Waals surface area contributed by atoms with Crippen molar-refractivity contribution >= 4 is 27.3 Å². The zero-order valence-electron chi connectivity index (χ0n) is 5.80. The van der Waals surface area contributed by atoms with Crippen LogP contribution in [0.15, 0.2) is 15.2 Å². The van der Waals surface area contributed by atoms with Crippen LogP contribution in [0.1, 0.15) is 18.4 Å². The van der Waals surface area contributed by atoms with Crippen LogP contribution in [0.3, 0.4) is 0 Å². The Hall–Kier alpha value is 0.140. The Morgan fingerprint density at radius 1 is 1.80 bits per heavy atom. The first-order chi connectivity index (χ1) is 4.75. The third-order valence-corrected chi connectivity index (χ3v) is 3.26. The van der Waals surface area contributed by atoms with E-state index in [0.717, 1.165) is 6.54 Å². The molecule has 1 heterocycles. The molecule has 1 unspecified atom stereocenters. The topological polar surface area (TPSA) is 26.0 Å². The molecule has 0 aliphatic rings. The summed E-state index contributed by atoms with van der Waals surface area (Å²) >= 11 is 5.18. The minimum absolute atomic E-state index is 0.473. The van der Waals surface area contributed by atoms with Gasteiger partial charge >= 0.3 is 0 Å². The van der Waals surface area contributed by atoms with E-state index in [-0.39, 0.29) is 0 Å². The minimum atomic E-state index is 0.473. The molecule has 1 aromatic rings. The van der Waals surface area contributed by atoms with E-state index in [1.165, 1.54) is 9.35 Å². The number of hydrogen-bond donors (Lipinski definition) is 1. The largest absolute Gasteiger partial charge is 0.330 e. The van der Waals surface area contributed by atoms with E-state index in [1.54, 1.807) is 11.3 Å². The molecule has 56 valence electrons. The van der Waals surface area contributed by atoms with Gasteiger partial charge in [-0.2, -0.15) is 0 Å². The van der Waals surface area contributed by atoms with Crippen LogP contribution in [0.2, 0.25) is 0 Å². The summed E-state index contributed by atoms with van der Waals surface area (Å²) in [5, 5.41) is 2.07. The van der Waals surface area contributed by atoms with Crippen LogP contribution in [0, 0.1) is 0 Å². The minimum Gasteiger partial charge on any atom is -0.330 e. The van der Waals surface area contributed by atoms with Crippen molar-refractivity contribution < 1.29 is 0 Å². The summed E-state index contributed by atoms with van der Waals surface area (Å²) in [4.78, 5) is 0. The first-order valence-electron chi connectivity index (χ1n) is 3.18. The van der Waals surface area contributed by atoms with Crippen molar-refractivity contribution in [1.82, 2.24) is 0 Å². The fraction of sp³-hybridized carbons (Fsp3) is 0.429. The van der Waals surface area contributed by atoms with Crippen LogP contribution in [0.25, 0.3) is 0 Å². The second-order valence-corrected chi connectivity index (χ2v) is 4.52. The average Bonchev–Trinajstić information content (AvgIpc) is 2.34. The van der Waals surface area contributed by atoms with Crippen molar-refractivity contribution in [1.29, 1.82) is 0 Å². The standard InChI is InChI=1S/C7H10BrNS/c1-5(4-9)6-2-3-10-7(6)8/h2-3,5H,4,9H2,1H3. The lowest BCUT2D eigenvalue weighted by Crippen LogP contribution is -2.08. The molecule has 1 nitrogen and oxygen atoms in total. The van der Waals surface area contributed by atoms with Crippen LogP contribution in [-0.4, -0.2) is 6.54 Å². The molecule has 0 amide bonds. The smallest absolute Gasteiger partial charge is 0.0733 e. The predicted octanol–water partition coefficient (Wildman–Crippen LogP) is 2.57. The maximum absolute atomic E-state index is 5.52. The van der Waals surface area contributed by atoms with Gasteiger partial charge in [0.2, 0.25) is 0 Å². The van der Waals surface area contributed by atoms with E-state index in [9.17, 15) is 0 Å². The van der Waals surface area contributed by atoms with Crippen molar-refractivity contribution in [3.05, 3.63) is 20.8 Å². The summed E-state index contributed by atoms with van der Waals surface area (Å²) in [5.74, 6) is 0.473. The lowest BCUT2D eigenvalue weighted by molar-refractivity contribution is 0.774. The van der Waals surface area contributed by atoms with Gasteiger partial charge in [0, 0.05) is 0 Å². The molecule has 1 rings (SSSR count). The lowest BCUT2D eigenvalue weighted by atomic mass is 10.1. The molecular weight excluding hydrogens is 210 g/mol. The summed E-state index contributed by atoms with van der Waals surface area (Å²) in [6.07, 6.45) is 0. The van der Waals surface area contributed by atoms with Crippen molar-refractivity contribution in [2.24, 2.45) is 5.73 Å². The molecule has 0 saturated heterocycles. The van der Waals surface area contributed by atoms with Gasteiger partial charge in [-0.15, -0.1) is 11.3 Å². The highest BCUT2D eigenvalue weighted by Gasteiger charge is 2.07. The highest BCUT2D eigenvalue weighted by molar-refractivity contribution is 9.11. The Morgan fingerprint density at radius 3 is 2.90 bits per heavy atom. The Labute approximate surface area is 73.4 Å². The van der Waals surface area contributed by atoms with E-state index < -0.39 is 0 Å². The summed E-state index contributed by atoms with van der Waals surface area (Å²) in [6.45, 7) is 2.85. The van der Waals surface area contributed by atoms with Crippen LogP contribution in [-0.2, 0) is 0 Å². The van der Waals surface area contributed by atoms with Crippen LogP contribution in [0.5, 0.6) is 0 Å². The number of halogens is 1. The van der Waals surface area contributed by atoms with Crippen molar-refractivity contribution in [3.8, 4) is 0 Å². The summed E-state index contributed by atoms with van der Waals surface area (Å²) in [5.41, 5.74) is 6.84. The Balaban J connectivity index is 2.82. The second-order valence-electron chi connectivity index (χ2n) is 2.29. The molecule has 3 heteroatoms. The molecule has 0 fully saturated rings. The first kappa shape index (κ1) is 8.24. The molecule has 1 atom stereocenters. The van der Waals surface area contributed by atoms with E-state index in [4.69, 9.17) is 5.73 Å². The van der Waals surface area contributed by atoms with Gasteiger partial charge in [0.15, 0.2) is 0 Å². The van der Waals surface area contributed by atoms with E-state index in [1.807, 2.05) is 0 Å². The van der Waals surface area contributed by atoms with E-state index >= 15 is 0 Å². The zero-order chi connectivity index (χ0) is 7.56. The monoisotopic (exact) mass is 219 g/mol. The fourth-order valence-electron chi connectivity index (χ4n) is 0.786. The van der Waals surface area contributed by atoms with E-state index in [0.29, 0.717) is 5.92 Å². The maximum atomic E-state index is 5.52. The van der Waals surface area contributed by atoms with E-state index in [2.05, 4.69) is 34.3 Å². The summed E-state index contributed by atoms with van der Waals surface area (Å²) in [7, 11) is 0. The van der Waals surface area contributed by atoms with Gasteiger partial charge in [-0.05, 0) is 45.4 Å². The van der Waals surface area contributed by atoms with Crippen LogP contribution in [0.4, 0.5) is 0 Å². The molecule has 0 spiro atoms. The summed E-state index contributed by atoms with van der Waals surface area (Å²) in [6, 6.07) is 2.12. The number of rotatable bonds is 2. The highest BCUT2D eigenvalue weighted by Crippen LogP contribution is 2.28. The third kappa shape index (κ3) is 1.59. The molecule has 0 saturated carbocycles.